The molecule has 0 radical (unpaired) electrons. The quantitative estimate of drug-likeness (QED) is 0.585. The number of carbonyl (C=O) groups excluding carboxylic acids is 2. The number of carbonyl (C=O) groups is 2. The molecular formula is C9H4N2O2. The maximum absolute atomic E-state index is 11.1. The van der Waals surface area contributed by atoms with Crippen molar-refractivity contribution in [3.63, 3.8) is 0 Å². The molecule has 1 heterocycles. The van der Waals surface area contributed by atoms with E-state index in [2.05, 4.69) is 5.32 Å². The zero-order valence-corrected chi connectivity index (χ0v) is 6.50. The molecule has 0 aliphatic carbocycles. The van der Waals surface area contributed by atoms with E-state index in [0.717, 1.165) is 0 Å². The third-order valence-corrected chi connectivity index (χ3v) is 1.87. The Labute approximate surface area is 73.8 Å². The first kappa shape index (κ1) is 7.50. The molecule has 1 N–H and O–H groups in total. The minimum absolute atomic E-state index is 0.282. The predicted octanol–water partition coefficient (Wildman–Crippen LogP) is 0.693. The van der Waals surface area contributed by atoms with Crippen LogP contribution < -0.4 is 5.32 Å². The lowest BCUT2D eigenvalue weighted by atomic mass is 10.1. The minimum Gasteiger partial charge on any atom is -0.317 e. The highest BCUT2D eigenvalue weighted by atomic mass is 16.2. The fraction of sp³-hybridized carbons (Fsp3) is 0. The van der Waals surface area contributed by atoms with Gasteiger partial charge in [0.1, 0.15) is 6.07 Å². The van der Waals surface area contributed by atoms with Gasteiger partial charge >= 0.3 is 0 Å². The number of nitrogens with zero attached hydrogens (tertiary/aromatic N) is 1. The molecule has 62 valence electrons. The van der Waals surface area contributed by atoms with Crippen molar-refractivity contribution < 1.29 is 9.59 Å². The lowest BCUT2D eigenvalue weighted by Crippen LogP contribution is -2.12. The predicted molar refractivity (Wildman–Crippen MR) is 44.1 cm³/mol. The molecule has 1 amide bonds. The first-order valence-electron chi connectivity index (χ1n) is 3.63. The molecule has 13 heavy (non-hydrogen) atoms. The van der Waals surface area contributed by atoms with Crippen LogP contribution in [0.5, 0.6) is 0 Å². The number of hydrogen-bond acceptors (Lipinski definition) is 3. The molecule has 1 aromatic carbocycles. The number of rotatable bonds is 0. The van der Waals surface area contributed by atoms with Crippen LogP contribution >= 0.6 is 0 Å². The van der Waals surface area contributed by atoms with Gasteiger partial charge in [0.05, 0.1) is 16.8 Å². The zero-order valence-electron chi connectivity index (χ0n) is 6.50. The van der Waals surface area contributed by atoms with Crippen molar-refractivity contribution in [3.8, 4) is 6.07 Å². The van der Waals surface area contributed by atoms with E-state index in [1.54, 1.807) is 12.1 Å². The number of para-hydroxylation sites is 1. The van der Waals surface area contributed by atoms with Gasteiger partial charge in [-0.05, 0) is 12.1 Å². The van der Waals surface area contributed by atoms with Gasteiger partial charge < -0.3 is 5.32 Å². The Morgan fingerprint density at radius 1 is 1.31 bits per heavy atom. The van der Waals surface area contributed by atoms with Gasteiger partial charge in [0.15, 0.2) is 0 Å². The molecule has 0 saturated carbocycles. The molecule has 0 aromatic heterocycles. The topological polar surface area (TPSA) is 70.0 Å². The van der Waals surface area contributed by atoms with E-state index in [-0.39, 0.29) is 5.56 Å². The summed E-state index contributed by atoms with van der Waals surface area (Å²) in [6.07, 6.45) is 0. The number of amides is 1. The maximum atomic E-state index is 11.1. The molecule has 4 heteroatoms. The summed E-state index contributed by atoms with van der Waals surface area (Å²) in [4.78, 5) is 22.1. The van der Waals surface area contributed by atoms with Crippen LogP contribution in [0.1, 0.15) is 15.9 Å². The number of hydrogen-bond donors (Lipinski definition) is 1. The SMILES string of the molecule is N#Cc1cccc2c1NC(=O)C2=O. The maximum Gasteiger partial charge on any atom is 0.296 e. The molecule has 0 unspecified atom stereocenters. The molecular weight excluding hydrogens is 168 g/mol. The highest BCUT2D eigenvalue weighted by Crippen LogP contribution is 2.26. The lowest BCUT2D eigenvalue weighted by molar-refractivity contribution is -0.112. The largest absolute Gasteiger partial charge is 0.317 e. The number of Topliss-reactive ketones (excluding diaryl/α,β-unsaturated/α-hetero) is 1. The molecule has 1 aliphatic rings. The number of fused-ring (bicyclic) bond motifs is 1. The molecule has 0 saturated heterocycles. The molecule has 2 rings (SSSR count). The fourth-order valence-electron chi connectivity index (χ4n) is 1.26. The van der Waals surface area contributed by atoms with Gasteiger partial charge in [-0.2, -0.15) is 5.26 Å². The van der Waals surface area contributed by atoms with Crippen molar-refractivity contribution in [3.05, 3.63) is 29.3 Å². The standard InChI is InChI=1S/C9H4N2O2/c10-4-5-2-1-3-6-7(5)11-9(13)8(6)12/h1-3H,(H,11,12,13). The van der Waals surface area contributed by atoms with Crippen molar-refractivity contribution >= 4 is 17.4 Å². The summed E-state index contributed by atoms with van der Waals surface area (Å²) in [7, 11) is 0. The zero-order chi connectivity index (χ0) is 9.42. The van der Waals surface area contributed by atoms with Crippen LogP contribution in [0.3, 0.4) is 0 Å². The normalized spacial score (nSPS) is 13.5. The summed E-state index contributed by atoms with van der Waals surface area (Å²) < 4.78 is 0. The molecule has 4 nitrogen and oxygen atoms in total. The molecule has 0 bridgehead atoms. The Morgan fingerprint density at radius 2 is 2.08 bits per heavy atom. The Balaban J connectivity index is 2.71. The summed E-state index contributed by atoms with van der Waals surface area (Å²) in [5.41, 5.74) is 0.931. The van der Waals surface area contributed by atoms with Crippen LogP contribution in [0.25, 0.3) is 0 Å². The number of anilines is 1. The van der Waals surface area contributed by atoms with Crippen LogP contribution in [0.15, 0.2) is 18.2 Å². The summed E-state index contributed by atoms with van der Waals surface area (Å²) in [6.45, 7) is 0. The summed E-state index contributed by atoms with van der Waals surface area (Å²) >= 11 is 0. The monoisotopic (exact) mass is 172 g/mol. The molecule has 0 fully saturated rings. The Kier molecular flexibility index (Phi) is 1.40. The Bertz CT molecular complexity index is 457. The van der Waals surface area contributed by atoms with Crippen molar-refractivity contribution in [1.29, 1.82) is 5.26 Å². The van der Waals surface area contributed by atoms with Gasteiger partial charge in [-0.15, -0.1) is 0 Å². The van der Waals surface area contributed by atoms with E-state index in [4.69, 9.17) is 5.26 Å². The van der Waals surface area contributed by atoms with Gasteiger partial charge in [0.25, 0.3) is 11.7 Å². The van der Waals surface area contributed by atoms with Gasteiger partial charge in [-0.1, -0.05) is 6.07 Å². The molecule has 1 aromatic rings. The second kappa shape index (κ2) is 2.42. The van der Waals surface area contributed by atoms with Crippen molar-refractivity contribution in [1.82, 2.24) is 0 Å². The van der Waals surface area contributed by atoms with Crippen molar-refractivity contribution in [2.24, 2.45) is 0 Å². The first-order chi connectivity index (χ1) is 6.24. The summed E-state index contributed by atoms with van der Waals surface area (Å²) in [5, 5.41) is 11.0. The highest BCUT2D eigenvalue weighted by molar-refractivity contribution is 6.51. The van der Waals surface area contributed by atoms with E-state index in [0.29, 0.717) is 11.3 Å². The number of ketones is 1. The second-order valence-electron chi connectivity index (χ2n) is 2.62. The molecule has 1 aliphatic heterocycles. The van der Waals surface area contributed by atoms with E-state index in [1.807, 2.05) is 6.07 Å². The summed E-state index contributed by atoms with van der Waals surface area (Å²) in [5.74, 6) is -1.25. The highest BCUT2D eigenvalue weighted by Gasteiger charge is 2.29. The van der Waals surface area contributed by atoms with Gasteiger partial charge in [-0.3, -0.25) is 9.59 Å². The van der Waals surface area contributed by atoms with E-state index in [9.17, 15) is 9.59 Å². The Morgan fingerprint density at radius 3 is 2.77 bits per heavy atom. The summed E-state index contributed by atoms with van der Waals surface area (Å²) in [6, 6.07) is 6.56. The van der Waals surface area contributed by atoms with Crippen LogP contribution in [-0.2, 0) is 4.79 Å². The van der Waals surface area contributed by atoms with Crippen molar-refractivity contribution in [2.45, 2.75) is 0 Å². The van der Waals surface area contributed by atoms with Crippen LogP contribution in [0.4, 0.5) is 5.69 Å². The van der Waals surface area contributed by atoms with E-state index >= 15 is 0 Å². The third kappa shape index (κ3) is 0.908. The number of nitrogens with one attached hydrogen (secondary N) is 1. The first-order valence-corrected chi connectivity index (χ1v) is 3.63. The lowest BCUT2D eigenvalue weighted by Gasteiger charge is -1.97. The van der Waals surface area contributed by atoms with E-state index < -0.39 is 11.7 Å². The van der Waals surface area contributed by atoms with Crippen LogP contribution in [0.2, 0.25) is 0 Å². The number of benzene rings is 1. The second-order valence-corrected chi connectivity index (χ2v) is 2.62. The van der Waals surface area contributed by atoms with E-state index in [1.165, 1.54) is 6.07 Å². The Hall–Kier alpha value is -2.15. The van der Waals surface area contributed by atoms with Crippen molar-refractivity contribution in [2.75, 3.05) is 5.32 Å². The minimum atomic E-state index is -0.669. The molecule has 0 spiro atoms. The fourth-order valence-corrected chi connectivity index (χ4v) is 1.26. The van der Waals surface area contributed by atoms with Crippen LogP contribution in [-0.4, -0.2) is 11.7 Å². The van der Waals surface area contributed by atoms with Crippen LogP contribution in [0, 0.1) is 11.3 Å². The molecule has 0 atom stereocenters. The average molecular weight is 172 g/mol. The average Bonchev–Trinajstić information content (AvgIpc) is 2.43. The van der Waals surface area contributed by atoms with Gasteiger partial charge in [-0.25, -0.2) is 0 Å². The van der Waals surface area contributed by atoms with Gasteiger partial charge in [0.2, 0.25) is 0 Å². The van der Waals surface area contributed by atoms with Gasteiger partial charge in [0, 0.05) is 0 Å². The smallest absolute Gasteiger partial charge is 0.296 e. The number of nitriles is 1. The third-order valence-electron chi connectivity index (χ3n) is 1.87.